The lowest BCUT2D eigenvalue weighted by atomic mass is 10.2. The third-order valence-corrected chi connectivity index (χ3v) is 3.32. The SMILES string of the molecule is CN1CCn2c1cc(OCc1ccc(F)cc1)nc2=O. The minimum absolute atomic E-state index is 0.250. The second-order valence-corrected chi connectivity index (χ2v) is 4.72. The highest BCUT2D eigenvalue weighted by Crippen LogP contribution is 2.21. The van der Waals surface area contributed by atoms with Crippen molar-refractivity contribution in [3.8, 4) is 5.88 Å². The molecule has 0 atom stereocenters. The van der Waals surface area contributed by atoms with Crippen molar-refractivity contribution >= 4 is 5.82 Å². The second kappa shape index (κ2) is 4.96. The molecule has 0 amide bonds. The van der Waals surface area contributed by atoms with Crippen LogP contribution in [0.1, 0.15) is 5.56 Å². The second-order valence-electron chi connectivity index (χ2n) is 4.72. The topological polar surface area (TPSA) is 47.4 Å². The Hall–Kier alpha value is -2.37. The Kier molecular flexibility index (Phi) is 3.14. The molecule has 0 radical (unpaired) electrons. The van der Waals surface area contributed by atoms with Gasteiger partial charge < -0.3 is 9.64 Å². The van der Waals surface area contributed by atoms with Crippen molar-refractivity contribution in [3.63, 3.8) is 0 Å². The van der Waals surface area contributed by atoms with E-state index < -0.39 is 0 Å². The average molecular weight is 275 g/mol. The standard InChI is InChI=1S/C14H14FN3O2/c1-17-6-7-18-13(17)8-12(16-14(18)19)20-9-10-2-4-11(15)5-3-10/h2-5,8H,6-7,9H2,1H3. The first-order valence-corrected chi connectivity index (χ1v) is 6.34. The van der Waals surface area contributed by atoms with Gasteiger partial charge in [-0.2, -0.15) is 4.98 Å². The van der Waals surface area contributed by atoms with Gasteiger partial charge in [0.25, 0.3) is 0 Å². The number of halogens is 1. The molecule has 20 heavy (non-hydrogen) atoms. The predicted octanol–water partition coefficient (Wildman–Crippen LogP) is 1.41. The van der Waals surface area contributed by atoms with E-state index >= 15 is 0 Å². The molecule has 0 fully saturated rings. The third-order valence-electron chi connectivity index (χ3n) is 3.32. The van der Waals surface area contributed by atoms with Crippen molar-refractivity contribution in [2.24, 2.45) is 0 Å². The van der Waals surface area contributed by atoms with E-state index in [-0.39, 0.29) is 18.1 Å². The van der Waals surface area contributed by atoms with Crippen LogP contribution >= 0.6 is 0 Å². The smallest absolute Gasteiger partial charge is 0.352 e. The number of nitrogens with zero attached hydrogens (tertiary/aromatic N) is 3. The number of rotatable bonds is 3. The van der Waals surface area contributed by atoms with Gasteiger partial charge in [0.15, 0.2) is 0 Å². The minimum Gasteiger partial charge on any atom is -0.473 e. The van der Waals surface area contributed by atoms with Crippen molar-refractivity contribution in [2.75, 3.05) is 18.5 Å². The zero-order valence-corrected chi connectivity index (χ0v) is 11.0. The van der Waals surface area contributed by atoms with E-state index in [0.717, 1.165) is 17.9 Å². The molecule has 0 saturated heterocycles. The van der Waals surface area contributed by atoms with Crippen molar-refractivity contribution in [1.29, 1.82) is 0 Å². The predicted molar refractivity (Wildman–Crippen MR) is 72.5 cm³/mol. The van der Waals surface area contributed by atoms with Crippen molar-refractivity contribution in [1.82, 2.24) is 9.55 Å². The molecule has 2 heterocycles. The zero-order chi connectivity index (χ0) is 14.1. The molecule has 1 aliphatic heterocycles. The summed E-state index contributed by atoms with van der Waals surface area (Å²) in [6.07, 6.45) is 0. The van der Waals surface area contributed by atoms with Gasteiger partial charge in [-0.3, -0.25) is 4.57 Å². The number of benzene rings is 1. The summed E-state index contributed by atoms with van der Waals surface area (Å²) in [5.74, 6) is 0.808. The number of aromatic nitrogens is 2. The van der Waals surface area contributed by atoms with Gasteiger partial charge in [0.05, 0.1) is 0 Å². The quantitative estimate of drug-likeness (QED) is 0.850. The maximum atomic E-state index is 12.8. The van der Waals surface area contributed by atoms with Crippen molar-refractivity contribution in [3.05, 3.63) is 52.2 Å². The first-order chi connectivity index (χ1) is 9.63. The Morgan fingerprint density at radius 1 is 1.30 bits per heavy atom. The molecule has 104 valence electrons. The summed E-state index contributed by atoms with van der Waals surface area (Å²) in [6.45, 7) is 1.69. The number of likely N-dealkylation sites (N-methyl/N-ethyl adjacent to an activating group) is 1. The average Bonchev–Trinajstić information content (AvgIpc) is 2.81. The van der Waals surface area contributed by atoms with E-state index in [9.17, 15) is 9.18 Å². The normalized spacial score (nSPS) is 13.4. The fraction of sp³-hybridized carbons (Fsp3) is 0.286. The van der Waals surface area contributed by atoms with Crippen LogP contribution in [-0.4, -0.2) is 23.1 Å². The molecule has 2 aromatic rings. The summed E-state index contributed by atoms with van der Waals surface area (Å²) in [4.78, 5) is 17.7. The van der Waals surface area contributed by atoms with Crippen molar-refractivity contribution < 1.29 is 9.13 Å². The van der Waals surface area contributed by atoms with Crippen molar-refractivity contribution in [2.45, 2.75) is 13.2 Å². The molecule has 0 unspecified atom stereocenters. The van der Waals surface area contributed by atoms with Crippen LogP contribution in [0.2, 0.25) is 0 Å². The number of hydrogen-bond donors (Lipinski definition) is 0. The fourth-order valence-corrected chi connectivity index (χ4v) is 2.18. The zero-order valence-electron chi connectivity index (χ0n) is 11.0. The van der Waals surface area contributed by atoms with Gasteiger partial charge in [0.2, 0.25) is 5.88 Å². The maximum Gasteiger partial charge on any atom is 0.352 e. The molecule has 0 aliphatic carbocycles. The molecule has 0 N–H and O–H groups in total. The van der Waals surface area contributed by atoms with E-state index in [1.807, 2.05) is 11.9 Å². The first-order valence-electron chi connectivity index (χ1n) is 6.34. The van der Waals surface area contributed by atoms with Crippen LogP contribution in [0.15, 0.2) is 35.1 Å². The van der Waals surface area contributed by atoms with Crippen LogP contribution in [-0.2, 0) is 13.2 Å². The van der Waals surface area contributed by atoms with Crippen LogP contribution in [0.3, 0.4) is 0 Å². The Labute approximate surface area is 115 Å². The Bertz CT molecular complexity index is 682. The van der Waals surface area contributed by atoms with Gasteiger partial charge in [-0.15, -0.1) is 0 Å². The van der Waals surface area contributed by atoms with E-state index in [1.54, 1.807) is 22.8 Å². The fourth-order valence-electron chi connectivity index (χ4n) is 2.18. The van der Waals surface area contributed by atoms with E-state index in [0.29, 0.717) is 12.4 Å². The minimum atomic E-state index is -0.305. The summed E-state index contributed by atoms with van der Waals surface area (Å²) in [7, 11) is 1.92. The molecule has 0 spiro atoms. The van der Waals surface area contributed by atoms with E-state index in [2.05, 4.69) is 4.98 Å². The molecule has 1 aromatic heterocycles. The van der Waals surface area contributed by atoms with Crippen LogP contribution in [0, 0.1) is 5.82 Å². The Balaban J connectivity index is 1.78. The summed E-state index contributed by atoms with van der Waals surface area (Å²) in [5.41, 5.74) is 0.517. The summed E-state index contributed by atoms with van der Waals surface area (Å²) in [5, 5.41) is 0. The molecular formula is C14H14FN3O2. The lowest BCUT2D eigenvalue weighted by molar-refractivity contribution is 0.291. The molecule has 6 heteroatoms. The van der Waals surface area contributed by atoms with Gasteiger partial charge in [-0.05, 0) is 17.7 Å². The molecule has 0 saturated carbocycles. The Morgan fingerprint density at radius 2 is 2.05 bits per heavy atom. The molecule has 1 aliphatic rings. The molecule has 3 rings (SSSR count). The summed E-state index contributed by atoms with van der Waals surface area (Å²) >= 11 is 0. The third kappa shape index (κ3) is 2.36. The number of anilines is 1. The highest BCUT2D eigenvalue weighted by atomic mass is 19.1. The largest absolute Gasteiger partial charge is 0.473 e. The number of ether oxygens (including phenoxy) is 1. The lowest BCUT2D eigenvalue weighted by Gasteiger charge is -2.12. The lowest BCUT2D eigenvalue weighted by Crippen LogP contribution is -2.22. The van der Waals surface area contributed by atoms with Gasteiger partial charge in [-0.25, -0.2) is 9.18 Å². The molecule has 0 bridgehead atoms. The molecular weight excluding hydrogens is 261 g/mol. The van der Waals surface area contributed by atoms with Gasteiger partial charge >= 0.3 is 5.69 Å². The highest BCUT2D eigenvalue weighted by Gasteiger charge is 2.18. The molecule has 1 aromatic carbocycles. The van der Waals surface area contributed by atoms with Gasteiger partial charge in [-0.1, -0.05) is 12.1 Å². The summed E-state index contributed by atoms with van der Waals surface area (Å²) in [6, 6.07) is 7.77. The van der Waals surface area contributed by atoms with E-state index in [1.165, 1.54) is 12.1 Å². The Morgan fingerprint density at radius 3 is 2.80 bits per heavy atom. The van der Waals surface area contributed by atoms with Crippen LogP contribution in [0.5, 0.6) is 5.88 Å². The van der Waals surface area contributed by atoms with Crippen LogP contribution in [0.25, 0.3) is 0 Å². The first kappa shape index (κ1) is 12.7. The number of hydrogen-bond acceptors (Lipinski definition) is 4. The maximum absolute atomic E-state index is 12.8. The van der Waals surface area contributed by atoms with Crippen LogP contribution in [0.4, 0.5) is 10.2 Å². The van der Waals surface area contributed by atoms with Crippen LogP contribution < -0.4 is 15.3 Å². The monoisotopic (exact) mass is 275 g/mol. The van der Waals surface area contributed by atoms with E-state index in [4.69, 9.17) is 4.74 Å². The number of fused-ring (bicyclic) bond motifs is 1. The highest BCUT2D eigenvalue weighted by molar-refractivity contribution is 5.44. The van der Waals surface area contributed by atoms with Gasteiger partial charge in [0, 0.05) is 26.2 Å². The molecule has 5 nitrogen and oxygen atoms in total. The van der Waals surface area contributed by atoms with Gasteiger partial charge in [0.1, 0.15) is 18.2 Å². The summed E-state index contributed by atoms with van der Waals surface area (Å²) < 4.78 is 19.9.